The summed E-state index contributed by atoms with van der Waals surface area (Å²) in [6.45, 7) is 4.17. The number of fused-ring (bicyclic) bond motifs is 1. The number of hydrogen-bond acceptors (Lipinski definition) is 2. The lowest BCUT2D eigenvalue weighted by atomic mass is 9.94. The second-order valence-electron chi connectivity index (χ2n) is 5.35. The van der Waals surface area contributed by atoms with Crippen LogP contribution in [0.1, 0.15) is 28.4 Å². The summed E-state index contributed by atoms with van der Waals surface area (Å²) in [6, 6.07) is 14.5. The molecular formula is C17H19NO. The van der Waals surface area contributed by atoms with Crippen LogP contribution in [0.4, 0.5) is 5.69 Å². The average molecular weight is 253 g/mol. The molecule has 2 N–H and O–H groups in total. The van der Waals surface area contributed by atoms with Gasteiger partial charge < -0.3 is 10.4 Å². The van der Waals surface area contributed by atoms with Gasteiger partial charge in [-0.25, -0.2) is 0 Å². The minimum Gasteiger partial charge on any atom is -0.386 e. The van der Waals surface area contributed by atoms with Crippen LogP contribution in [0.15, 0.2) is 42.5 Å². The molecule has 0 saturated heterocycles. The molecule has 2 heteroatoms. The molecule has 0 aliphatic carbocycles. The maximum Gasteiger partial charge on any atom is 0.0996 e. The zero-order chi connectivity index (χ0) is 13.4. The van der Waals surface area contributed by atoms with E-state index in [1.54, 1.807) is 0 Å². The Morgan fingerprint density at radius 3 is 2.68 bits per heavy atom. The molecule has 0 saturated carbocycles. The molecule has 2 aromatic carbocycles. The van der Waals surface area contributed by atoms with Crippen LogP contribution in [0.3, 0.4) is 0 Å². The van der Waals surface area contributed by atoms with Gasteiger partial charge in [0.15, 0.2) is 0 Å². The molecule has 98 valence electrons. The van der Waals surface area contributed by atoms with Crippen molar-refractivity contribution >= 4 is 5.69 Å². The lowest BCUT2D eigenvalue weighted by molar-refractivity contribution is 0.156. The molecule has 0 amide bonds. The third kappa shape index (κ3) is 2.13. The number of aryl methyl sites for hydroxylation is 1. The SMILES string of the molecule is Cc1cccc(C(O)C2Cc3ccccc3N2)c1C. The highest BCUT2D eigenvalue weighted by atomic mass is 16.3. The Balaban J connectivity index is 1.87. The highest BCUT2D eigenvalue weighted by molar-refractivity contribution is 5.57. The minimum atomic E-state index is -0.465. The molecule has 2 atom stereocenters. The summed E-state index contributed by atoms with van der Waals surface area (Å²) < 4.78 is 0. The van der Waals surface area contributed by atoms with Gasteiger partial charge in [-0.2, -0.15) is 0 Å². The van der Waals surface area contributed by atoms with Crippen molar-refractivity contribution in [1.82, 2.24) is 0 Å². The molecule has 0 aromatic heterocycles. The Bertz CT molecular complexity index is 581. The van der Waals surface area contributed by atoms with E-state index in [1.165, 1.54) is 16.7 Å². The van der Waals surface area contributed by atoms with Crippen LogP contribution in [-0.4, -0.2) is 11.1 Å². The summed E-state index contributed by atoms with van der Waals surface area (Å²) >= 11 is 0. The van der Waals surface area contributed by atoms with Crippen molar-refractivity contribution in [3.05, 3.63) is 64.7 Å². The van der Waals surface area contributed by atoms with Gasteiger partial charge in [0.2, 0.25) is 0 Å². The summed E-state index contributed by atoms with van der Waals surface area (Å²) in [5, 5.41) is 14.1. The number of rotatable bonds is 2. The van der Waals surface area contributed by atoms with Gasteiger partial charge in [-0.05, 0) is 48.6 Å². The van der Waals surface area contributed by atoms with E-state index in [9.17, 15) is 5.11 Å². The smallest absolute Gasteiger partial charge is 0.0996 e. The van der Waals surface area contributed by atoms with Crippen LogP contribution >= 0.6 is 0 Å². The van der Waals surface area contributed by atoms with Crippen molar-refractivity contribution in [3.63, 3.8) is 0 Å². The summed E-state index contributed by atoms with van der Waals surface area (Å²) in [5.74, 6) is 0. The number of aliphatic hydroxyl groups is 1. The van der Waals surface area contributed by atoms with Gasteiger partial charge in [0.1, 0.15) is 0 Å². The number of nitrogens with one attached hydrogen (secondary N) is 1. The molecule has 0 bridgehead atoms. The van der Waals surface area contributed by atoms with Crippen LogP contribution in [0.5, 0.6) is 0 Å². The molecule has 2 unspecified atom stereocenters. The van der Waals surface area contributed by atoms with Gasteiger partial charge in [0.05, 0.1) is 12.1 Å². The molecule has 0 spiro atoms. The van der Waals surface area contributed by atoms with E-state index >= 15 is 0 Å². The topological polar surface area (TPSA) is 32.3 Å². The number of para-hydroxylation sites is 1. The fourth-order valence-corrected chi connectivity index (χ4v) is 2.83. The third-order valence-electron chi connectivity index (χ3n) is 4.14. The maximum absolute atomic E-state index is 10.6. The van der Waals surface area contributed by atoms with E-state index in [1.807, 2.05) is 24.3 Å². The van der Waals surface area contributed by atoms with E-state index in [-0.39, 0.29) is 6.04 Å². The zero-order valence-electron chi connectivity index (χ0n) is 11.4. The van der Waals surface area contributed by atoms with Gasteiger partial charge in [-0.3, -0.25) is 0 Å². The van der Waals surface area contributed by atoms with Crippen molar-refractivity contribution in [2.75, 3.05) is 5.32 Å². The predicted octanol–water partition coefficient (Wildman–Crippen LogP) is 3.37. The van der Waals surface area contributed by atoms with Crippen LogP contribution in [0.25, 0.3) is 0 Å². The van der Waals surface area contributed by atoms with Gasteiger partial charge in [-0.15, -0.1) is 0 Å². The summed E-state index contributed by atoms with van der Waals surface area (Å²) in [6.07, 6.45) is 0.414. The predicted molar refractivity (Wildman–Crippen MR) is 78.4 cm³/mol. The molecule has 0 radical (unpaired) electrons. The standard InChI is InChI=1S/C17H19NO/c1-11-6-5-8-14(12(11)2)17(19)16-10-13-7-3-4-9-15(13)18-16/h3-9,16-19H,10H2,1-2H3. The van der Waals surface area contributed by atoms with Crippen LogP contribution in [-0.2, 0) is 6.42 Å². The van der Waals surface area contributed by atoms with Gasteiger partial charge in [0, 0.05) is 5.69 Å². The number of aliphatic hydroxyl groups excluding tert-OH is 1. The van der Waals surface area contributed by atoms with Crippen molar-refractivity contribution in [2.24, 2.45) is 0 Å². The quantitative estimate of drug-likeness (QED) is 0.860. The van der Waals surface area contributed by atoms with Crippen LogP contribution in [0.2, 0.25) is 0 Å². The average Bonchev–Trinajstić information content (AvgIpc) is 2.85. The number of benzene rings is 2. The molecule has 1 aliphatic rings. The molecule has 1 aliphatic heterocycles. The highest BCUT2D eigenvalue weighted by Gasteiger charge is 2.28. The Hall–Kier alpha value is -1.80. The second-order valence-corrected chi connectivity index (χ2v) is 5.35. The maximum atomic E-state index is 10.6. The largest absolute Gasteiger partial charge is 0.386 e. The third-order valence-corrected chi connectivity index (χ3v) is 4.14. The molecular weight excluding hydrogens is 234 g/mol. The lowest BCUT2D eigenvalue weighted by Gasteiger charge is -2.22. The summed E-state index contributed by atoms with van der Waals surface area (Å²) in [5.41, 5.74) is 5.89. The Morgan fingerprint density at radius 2 is 1.89 bits per heavy atom. The van der Waals surface area contributed by atoms with Crippen LogP contribution < -0.4 is 5.32 Å². The van der Waals surface area contributed by atoms with Crippen molar-refractivity contribution in [3.8, 4) is 0 Å². The van der Waals surface area contributed by atoms with E-state index in [4.69, 9.17) is 0 Å². The number of anilines is 1. The number of hydrogen-bond donors (Lipinski definition) is 2. The molecule has 2 aromatic rings. The van der Waals surface area contributed by atoms with Gasteiger partial charge >= 0.3 is 0 Å². The van der Waals surface area contributed by atoms with E-state index < -0.39 is 6.10 Å². The van der Waals surface area contributed by atoms with Crippen molar-refractivity contribution in [2.45, 2.75) is 32.4 Å². The van der Waals surface area contributed by atoms with E-state index in [2.05, 4.69) is 37.4 Å². The van der Waals surface area contributed by atoms with E-state index in [0.29, 0.717) is 0 Å². The highest BCUT2D eigenvalue weighted by Crippen LogP contribution is 2.33. The summed E-state index contributed by atoms with van der Waals surface area (Å²) in [7, 11) is 0. The fourth-order valence-electron chi connectivity index (χ4n) is 2.83. The first-order valence-electron chi connectivity index (χ1n) is 6.75. The second kappa shape index (κ2) is 4.71. The first kappa shape index (κ1) is 12.2. The molecule has 0 fully saturated rings. The Morgan fingerprint density at radius 1 is 1.11 bits per heavy atom. The van der Waals surface area contributed by atoms with Crippen molar-refractivity contribution in [1.29, 1.82) is 0 Å². The molecule has 1 heterocycles. The first-order valence-corrected chi connectivity index (χ1v) is 6.75. The van der Waals surface area contributed by atoms with E-state index in [0.717, 1.165) is 17.7 Å². The zero-order valence-corrected chi connectivity index (χ0v) is 11.4. The summed E-state index contributed by atoms with van der Waals surface area (Å²) in [4.78, 5) is 0. The van der Waals surface area contributed by atoms with Gasteiger partial charge in [-0.1, -0.05) is 36.4 Å². The fraction of sp³-hybridized carbons (Fsp3) is 0.294. The molecule has 2 nitrogen and oxygen atoms in total. The molecule has 3 rings (SSSR count). The van der Waals surface area contributed by atoms with Crippen LogP contribution in [0, 0.1) is 13.8 Å². The monoisotopic (exact) mass is 253 g/mol. The lowest BCUT2D eigenvalue weighted by Crippen LogP contribution is -2.25. The Kier molecular flexibility index (Phi) is 3.03. The van der Waals surface area contributed by atoms with Crippen molar-refractivity contribution < 1.29 is 5.11 Å². The normalized spacial score (nSPS) is 18.8. The first-order chi connectivity index (χ1) is 9.16. The minimum absolute atomic E-state index is 0.0675. The van der Waals surface area contributed by atoms with Gasteiger partial charge in [0.25, 0.3) is 0 Å². The Labute approximate surface area is 114 Å². The molecule has 19 heavy (non-hydrogen) atoms.